The number of likely N-dealkylation sites (tertiary alicyclic amines) is 1. The lowest BCUT2D eigenvalue weighted by Gasteiger charge is -2.26. The maximum Gasteiger partial charge on any atom is 0.243 e. The number of aliphatic hydroxyl groups is 1. The van der Waals surface area contributed by atoms with Gasteiger partial charge in [-0.3, -0.25) is 9.59 Å². The average molecular weight is 600 g/mol. The zero-order valence-corrected chi connectivity index (χ0v) is 24.7. The first-order valence-electron chi connectivity index (χ1n) is 13.8. The third kappa shape index (κ3) is 5.20. The van der Waals surface area contributed by atoms with Crippen LogP contribution in [0.2, 0.25) is 0 Å². The summed E-state index contributed by atoms with van der Waals surface area (Å²) in [5, 5.41) is 10.2. The molecule has 1 unspecified atom stereocenters. The quantitative estimate of drug-likeness (QED) is 0.396. The normalized spacial score (nSPS) is 20.4. The van der Waals surface area contributed by atoms with Crippen LogP contribution in [0.3, 0.4) is 0 Å². The minimum atomic E-state index is -3.86. The Morgan fingerprint density at radius 3 is 2.68 bits per heavy atom. The standard InChI is InChI=1S/C28H33N5O6S2/c1-18(35)31-10-9-28(16-31)17-33(26(36)14-25-29-22-6-8-24(39-2)30-27(22)40-25)23-7-5-20(13-21(23)28)41(37,38)32(11-12-34)15-19-3-4-19/h5-8,13,19,34H,3-4,9-12,14-17H2,1-2H3. The fourth-order valence-corrected chi connectivity index (χ4v) is 8.39. The smallest absolute Gasteiger partial charge is 0.243 e. The van der Waals surface area contributed by atoms with Gasteiger partial charge in [-0.2, -0.15) is 4.31 Å². The van der Waals surface area contributed by atoms with Gasteiger partial charge in [0.25, 0.3) is 0 Å². The molecule has 1 aliphatic carbocycles. The maximum absolute atomic E-state index is 13.7. The molecule has 1 aromatic carbocycles. The average Bonchev–Trinajstić information content (AvgIpc) is 3.38. The number of aliphatic hydroxyl groups excluding tert-OH is 1. The third-order valence-electron chi connectivity index (χ3n) is 8.32. The Hall–Kier alpha value is -3.13. The minimum Gasteiger partial charge on any atom is -0.481 e. The number of methoxy groups -OCH3 is 1. The van der Waals surface area contributed by atoms with Crippen LogP contribution in [0.1, 0.15) is 36.8 Å². The van der Waals surface area contributed by atoms with Crippen LogP contribution in [0, 0.1) is 5.92 Å². The molecule has 0 radical (unpaired) electrons. The number of pyridine rings is 1. The van der Waals surface area contributed by atoms with Crippen molar-refractivity contribution in [2.75, 3.05) is 51.3 Å². The molecule has 6 rings (SSSR count). The molecule has 2 amide bonds. The molecular weight excluding hydrogens is 566 g/mol. The second kappa shape index (κ2) is 10.6. The molecule has 1 spiro atoms. The zero-order chi connectivity index (χ0) is 28.9. The van der Waals surface area contributed by atoms with E-state index in [4.69, 9.17) is 4.74 Å². The van der Waals surface area contributed by atoms with E-state index in [9.17, 15) is 23.1 Å². The van der Waals surface area contributed by atoms with E-state index >= 15 is 0 Å². The summed E-state index contributed by atoms with van der Waals surface area (Å²) in [7, 11) is -2.31. The number of sulfonamides is 1. The number of rotatable bonds is 9. The number of aromatic nitrogens is 2. The molecule has 1 N–H and O–H groups in total. The topological polar surface area (TPSA) is 133 Å². The van der Waals surface area contributed by atoms with Gasteiger partial charge in [0.15, 0.2) is 0 Å². The van der Waals surface area contributed by atoms with Gasteiger partial charge in [0.1, 0.15) is 15.4 Å². The van der Waals surface area contributed by atoms with Gasteiger partial charge in [-0.1, -0.05) is 11.3 Å². The largest absolute Gasteiger partial charge is 0.481 e. The van der Waals surface area contributed by atoms with Crippen LogP contribution in [0.25, 0.3) is 10.3 Å². The van der Waals surface area contributed by atoms with Crippen LogP contribution in [-0.2, 0) is 31.4 Å². The maximum atomic E-state index is 13.7. The monoisotopic (exact) mass is 599 g/mol. The number of benzene rings is 1. The number of nitrogens with zero attached hydrogens (tertiary/aromatic N) is 5. The van der Waals surface area contributed by atoms with Crippen LogP contribution in [0.5, 0.6) is 5.88 Å². The highest BCUT2D eigenvalue weighted by molar-refractivity contribution is 7.89. The highest BCUT2D eigenvalue weighted by Crippen LogP contribution is 2.48. The zero-order valence-electron chi connectivity index (χ0n) is 23.1. The van der Waals surface area contributed by atoms with E-state index in [1.165, 1.54) is 22.6 Å². The van der Waals surface area contributed by atoms with Gasteiger partial charge in [0.2, 0.25) is 27.7 Å². The van der Waals surface area contributed by atoms with Gasteiger partial charge >= 0.3 is 0 Å². The first-order valence-corrected chi connectivity index (χ1v) is 16.0. The molecule has 218 valence electrons. The van der Waals surface area contributed by atoms with Crippen molar-refractivity contribution in [3.05, 3.63) is 40.9 Å². The number of carbonyl (C=O) groups is 2. The van der Waals surface area contributed by atoms with Crippen LogP contribution in [0.15, 0.2) is 35.2 Å². The second-order valence-electron chi connectivity index (χ2n) is 11.1. The highest BCUT2D eigenvalue weighted by atomic mass is 32.2. The van der Waals surface area contributed by atoms with Crippen LogP contribution in [0.4, 0.5) is 5.69 Å². The summed E-state index contributed by atoms with van der Waals surface area (Å²) < 4.78 is 34.0. The summed E-state index contributed by atoms with van der Waals surface area (Å²) in [5.41, 5.74) is 1.55. The summed E-state index contributed by atoms with van der Waals surface area (Å²) in [6.07, 6.45) is 2.67. The number of fused-ring (bicyclic) bond motifs is 3. The van der Waals surface area contributed by atoms with Crippen LogP contribution in [-0.4, -0.2) is 91.0 Å². The van der Waals surface area contributed by atoms with Crippen molar-refractivity contribution in [3.63, 3.8) is 0 Å². The van der Waals surface area contributed by atoms with Gasteiger partial charge in [-0.25, -0.2) is 18.4 Å². The molecule has 41 heavy (non-hydrogen) atoms. The summed E-state index contributed by atoms with van der Waals surface area (Å²) in [5.74, 6) is 0.601. The Morgan fingerprint density at radius 1 is 1.20 bits per heavy atom. The van der Waals surface area contributed by atoms with Crippen molar-refractivity contribution in [2.24, 2.45) is 5.92 Å². The van der Waals surface area contributed by atoms with Gasteiger partial charge in [0, 0.05) is 56.8 Å². The molecule has 1 atom stereocenters. The predicted octanol–water partition coefficient (Wildman–Crippen LogP) is 2.17. The van der Waals surface area contributed by atoms with Crippen LogP contribution >= 0.6 is 11.3 Å². The van der Waals surface area contributed by atoms with E-state index in [2.05, 4.69) is 9.97 Å². The molecule has 3 aliphatic rings. The van der Waals surface area contributed by atoms with E-state index in [-0.39, 0.29) is 36.3 Å². The van der Waals surface area contributed by atoms with Crippen molar-refractivity contribution in [3.8, 4) is 5.88 Å². The molecule has 0 bridgehead atoms. The summed E-state index contributed by atoms with van der Waals surface area (Å²) >= 11 is 1.34. The Labute approximate surface area is 242 Å². The van der Waals surface area contributed by atoms with Crippen molar-refractivity contribution in [2.45, 2.75) is 42.9 Å². The lowest BCUT2D eigenvalue weighted by molar-refractivity contribution is -0.127. The van der Waals surface area contributed by atoms with Crippen molar-refractivity contribution in [1.29, 1.82) is 0 Å². The number of carbonyl (C=O) groups excluding carboxylic acids is 2. The lowest BCUT2D eigenvalue weighted by Crippen LogP contribution is -2.40. The van der Waals surface area contributed by atoms with E-state index < -0.39 is 15.4 Å². The molecule has 1 saturated carbocycles. The van der Waals surface area contributed by atoms with Crippen molar-refractivity contribution >= 4 is 49.2 Å². The second-order valence-corrected chi connectivity index (χ2v) is 14.1. The Balaban J connectivity index is 1.34. The highest BCUT2D eigenvalue weighted by Gasteiger charge is 2.50. The van der Waals surface area contributed by atoms with Gasteiger partial charge in [-0.15, -0.1) is 0 Å². The molecule has 2 aromatic heterocycles. The van der Waals surface area contributed by atoms with Crippen molar-refractivity contribution in [1.82, 2.24) is 19.2 Å². The third-order valence-corrected chi connectivity index (χ3v) is 11.1. The summed E-state index contributed by atoms with van der Waals surface area (Å²) in [4.78, 5) is 39.3. The fourth-order valence-electron chi connectivity index (χ4n) is 5.94. The molecule has 2 aliphatic heterocycles. The number of anilines is 1. The number of hydrogen-bond donors (Lipinski definition) is 1. The first kappa shape index (κ1) is 28.0. The van der Waals surface area contributed by atoms with E-state index in [0.717, 1.165) is 18.4 Å². The number of hydrogen-bond acceptors (Lipinski definition) is 9. The van der Waals surface area contributed by atoms with Gasteiger partial charge in [0.05, 0.1) is 25.0 Å². The molecule has 3 aromatic rings. The summed E-state index contributed by atoms with van der Waals surface area (Å²) in [6.45, 7) is 2.99. The van der Waals surface area contributed by atoms with Gasteiger partial charge in [-0.05, 0) is 55.0 Å². The number of amides is 2. The van der Waals surface area contributed by atoms with Crippen LogP contribution < -0.4 is 9.64 Å². The predicted molar refractivity (Wildman–Crippen MR) is 154 cm³/mol. The van der Waals surface area contributed by atoms with Gasteiger partial charge < -0.3 is 19.6 Å². The SMILES string of the molecule is COc1ccc2nc(CC(=O)N3CC4(CCN(C(C)=O)C4)c4cc(S(=O)(=O)N(CCO)CC5CC5)ccc43)sc2n1. The molecule has 2 fully saturated rings. The Kier molecular flexibility index (Phi) is 7.25. The van der Waals surface area contributed by atoms with E-state index in [1.807, 2.05) is 6.07 Å². The summed E-state index contributed by atoms with van der Waals surface area (Å²) in [6, 6.07) is 8.49. The molecule has 1 saturated heterocycles. The molecule has 13 heteroatoms. The minimum absolute atomic E-state index is 0.0344. The Morgan fingerprint density at radius 2 is 2.00 bits per heavy atom. The lowest BCUT2D eigenvalue weighted by atomic mass is 9.81. The van der Waals surface area contributed by atoms with Crippen molar-refractivity contribution < 1.29 is 27.9 Å². The van der Waals surface area contributed by atoms with E-state index in [0.29, 0.717) is 65.4 Å². The number of ether oxygens (including phenoxy) is 1. The first-order chi connectivity index (χ1) is 19.6. The van der Waals surface area contributed by atoms with E-state index in [1.54, 1.807) is 41.2 Å². The molecule has 4 heterocycles. The molecular formula is C28H33N5O6S2. The Bertz CT molecular complexity index is 1620. The fraction of sp³-hybridized carbons (Fsp3) is 0.500. The molecule has 11 nitrogen and oxygen atoms in total. The number of thiazole rings is 1.